The molecule has 0 unspecified atom stereocenters. The Morgan fingerprint density at radius 2 is 2.00 bits per heavy atom. The molecule has 1 heterocycles. The van der Waals surface area contributed by atoms with Crippen LogP contribution in [0.3, 0.4) is 0 Å². The van der Waals surface area contributed by atoms with Gasteiger partial charge in [0.05, 0.1) is 12.3 Å². The SMILES string of the molecule is COC[C](C)Cc1coc(-c2ccc(C)cc2)n1. The Morgan fingerprint density at radius 1 is 1.28 bits per heavy atom. The van der Waals surface area contributed by atoms with E-state index in [-0.39, 0.29) is 0 Å². The van der Waals surface area contributed by atoms with Crippen LogP contribution in [0, 0.1) is 12.8 Å². The van der Waals surface area contributed by atoms with Crippen molar-refractivity contribution in [1.82, 2.24) is 4.98 Å². The molecular formula is C15H18NO2. The van der Waals surface area contributed by atoms with Crippen molar-refractivity contribution < 1.29 is 9.15 Å². The van der Waals surface area contributed by atoms with E-state index in [4.69, 9.17) is 9.15 Å². The van der Waals surface area contributed by atoms with Gasteiger partial charge in [-0.25, -0.2) is 4.98 Å². The summed E-state index contributed by atoms with van der Waals surface area (Å²) in [4.78, 5) is 4.49. The van der Waals surface area contributed by atoms with Gasteiger partial charge in [0.2, 0.25) is 5.89 Å². The molecule has 3 nitrogen and oxygen atoms in total. The molecule has 0 aliphatic rings. The highest BCUT2D eigenvalue weighted by Gasteiger charge is 2.10. The summed E-state index contributed by atoms with van der Waals surface area (Å²) in [6.45, 7) is 4.78. The lowest BCUT2D eigenvalue weighted by atomic mass is 10.1. The van der Waals surface area contributed by atoms with Crippen LogP contribution in [0.2, 0.25) is 0 Å². The molecule has 1 aromatic carbocycles. The van der Waals surface area contributed by atoms with E-state index >= 15 is 0 Å². The Morgan fingerprint density at radius 3 is 2.67 bits per heavy atom. The van der Waals surface area contributed by atoms with Gasteiger partial charge in [0.25, 0.3) is 0 Å². The second kappa shape index (κ2) is 5.83. The third kappa shape index (κ3) is 3.20. The number of hydrogen-bond acceptors (Lipinski definition) is 3. The van der Waals surface area contributed by atoms with Crippen molar-refractivity contribution in [2.45, 2.75) is 20.3 Å². The summed E-state index contributed by atoms with van der Waals surface area (Å²) in [7, 11) is 1.70. The molecule has 0 saturated carbocycles. The van der Waals surface area contributed by atoms with E-state index in [9.17, 15) is 0 Å². The highest BCUT2D eigenvalue weighted by Crippen LogP contribution is 2.20. The van der Waals surface area contributed by atoms with E-state index in [1.807, 2.05) is 12.1 Å². The molecule has 1 radical (unpaired) electrons. The molecule has 0 atom stereocenters. The lowest BCUT2D eigenvalue weighted by molar-refractivity contribution is 0.208. The monoisotopic (exact) mass is 244 g/mol. The second-order valence-corrected chi connectivity index (χ2v) is 4.58. The van der Waals surface area contributed by atoms with Crippen LogP contribution in [0.4, 0.5) is 0 Å². The van der Waals surface area contributed by atoms with Crippen LogP contribution in [0.15, 0.2) is 34.9 Å². The number of methoxy groups -OCH3 is 1. The number of rotatable bonds is 5. The number of oxazole rings is 1. The van der Waals surface area contributed by atoms with Gasteiger partial charge >= 0.3 is 0 Å². The maximum absolute atomic E-state index is 5.50. The van der Waals surface area contributed by atoms with Crippen molar-refractivity contribution in [3.05, 3.63) is 47.7 Å². The van der Waals surface area contributed by atoms with Crippen molar-refractivity contribution in [3.63, 3.8) is 0 Å². The number of benzene rings is 1. The van der Waals surface area contributed by atoms with E-state index in [1.54, 1.807) is 13.4 Å². The molecule has 3 heteroatoms. The Labute approximate surface area is 108 Å². The molecule has 18 heavy (non-hydrogen) atoms. The van der Waals surface area contributed by atoms with Crippen LogP contribution in [-0.2, 0) is 11.2 Å². The summed E-state index contributed by atoms with van der Waals surface area (Å²) in [6, 6.07) is 8.16. The average Bonchev–Trinajstić information content (AvgIpc) is 2.78. The van der Waals surface area contributed by atoms with Gasteiger partial charge in [-0.15, -0.1) is 0 Å². The Kier molecular flexibility index (Phi) is 4.15. The normalized spacial score (nSPS) is 11.1. The third-order valence-electron chi connectivity index (χ3n) is 2.72. The standard InChI is InChI=1S/C15H18NO2/c1-11-4-6-13(7-5-11)15-16-14(10-18-15)8-12(2)9-17-3/h4-7,10H,8-9H2,1-3H3. The zero-order chi connectivity index (χ0) is 13.0. The predicted octanol–water partition coefficient (Wildman–Crippen LogP) is 3.43. The van der Waals surface area contributed by atoms with E-state index in [0.717, 1.165) is 17.7 Å². The molecule has 95 valence electrons. The molecule has 2 aromatic rings. The first-order valence-electron chi connectivity index (χ1n) is 6.00. The molecule has 0 spiro atoms. The summed E-state index contributed by atoms with van der Waals surface area (Å²) >= 11 is 0. The number of aromatic nitrogens is 1. The third-order valence-corrected chi connectivity index (χ3v) is 2.72. The van der Waals surface area contributed by atoms with Crippen LogP contribution >= 0.6 is 0 Å². The Hall–Kier alpha value is -1.61. The molecule has 0 fully saturated rings. The van der Waals surface area contributed by atoms with Crippen LogP contribution in [0.1, 0.15) is 18.2 Å². The van der Waals surface area contributed by atoms with Crippen LogP contribution in [0.5, 0.6) is 0 Å². The zero-order valence-electron chi connectivity index (χ0n) is 11.1. The number of nitrogens with zero attached hydrogens (tertiary/aromatic N) is 1. The van der Waals surface area contributed by atoms with E-state index in [1.165, 1.54) is 11.5 Å². The van der Waals surface area contributed by atoms with Gasteiger partial charge in [-0.2, -0.15) is 0 Å². The van der Waals surface area contributed by atoms with Gasteiger partial charge in [0.15, 0.2) is 0 Å². The first-order chi connectivity index (χ1) is 8.69. The van der Waals surface area contributed by atoms with Crippen LogP contribution in [0.25, 0.3) is 11.5 Å². The molecule has 0 aliphatic carbocycles. The lowest BCUT2D eigenvalue weighted by Crippen LogP contribution is -2.04. The summed E-state index contributed by atoms with van der Waals surface area (Å²) in [6.07, 6.45) is 2.51. The molecule has 1 aromatic heterocycles. The topological polar surface area (TPSA) is 35.3 Å². The zero-order valence-corrected chi connectivity index (χ0v) is 11.1. The molecule has 0 saturated heterocycles. The van der Waals surface area contributed by atoms with Gasteiger partial charge in [-0.1, -0.05) is 24.6 Å². The Bertz CT molecular complexity index is 487. The molecule has 0 N–H and O–H groups in total. The lowest BCUT2D eigenvalue weighted by Gasteiger charge is -2.05. The minimum absolute atomic E-state index is 0.659. The van der Waals surface area contributed by atoms with Gasteiger partial charge in [0.1, 0.15) is 6.26 Å². The minimum Gasteiger partial charge on any atom is -0.444 e. The fraction of sp³-hybridized carbons (Fsp3) is 0.333. The largest absolute Gasteiger partial charge is 0.444 e. The van der Waals surface area contributed by atoms with Crippen molar-refractivity contribution in [2.75, 3.05) is 13.7 Å². The quantitative estimate of drug-likeness (QED) is 0.808. The fourth-order valence-corrected chi connectivity index (χ4v) is 1.82. The van der Waals surface area contributed by atoms with Crippen LogP contribution in [-0.4, -0.2) is 18.7 Å². The van der Waals surface area contributed by atoms with Crippen molar-refractivity contribution in [1.29, 1.82) is 0 Å². The maximum atomic E-state index is 5.50. The molecule has 0 aliphatic heterocycles. The van der Waals surface area contributed by atoms with Crippen molar-refractivity contribution in [2.24, 2.45) is 0 Å². The number of ether oxygens (including phenoxy) is 1. The fourth-order valence-electron chi connectivity index (χ4n) is 1.82. The smallest absolute Gasteiger partial charge is 0.226 e. The molecule has 0 bridgehead atoms. The van der Waals surface area contributed by atoms with Crippen molar-refractivity contribution >= 4 is 0 Å². The summed E-state index contributed by atoms with van der Waals surface area (Å²) in [5.74, 6) is 1.91. The maximum Gasteiger partial charge on any atom is 0.226 e. The first-order valence-corrected chi connectivity index (χ1v) is 6.00. The van der Waals surface area contributed by atoms with Gasteiger partial charge < -0.3 is 9.15 Å². The average molecular weight is 244 g/mol. The second-order valence-electron chi connectivity index (χ2n) is 4.58. The molecular weight excluding hydrogens is 226 g/mol. The van der Waals surface area contributed by atoms with Gasteiger partial charge in [-0.3, -0.25) is 0 Å². The van der Waals surface area contributed by atoms with E-state index < -0.39 is 0 Å². The summed E-state index contributed by atoms with van der Waals surface area (Å²) < 4.78 is 10.6. The highest BCUT2D eigenvalue weighted by molar-refractivity contribution is 5.53. The number of hydrogen-bond donors (Lipinski definition) is 0. The van der Waals surface area contributed by atoms with E-state index in [2.05, 4.69) is 31.0 Å². The van der Waals surface area contributed by atoms with Gasteiger partial charge in [0, 0.05) is 25.0 Å². The summed E-state index contributed by atoms with van der Waals surface area (Å²) in [5.41, 5.74) is 3.19. The Balaban J connectivity index is 2.08. The molecule has 0 amide bonds. The molecule has 2 rings (SSSR count). The number of aryl methyl sites for hydroxylation is 1. The minimum atomic E-state index is 0.659. The van der Waals surface area contributed by atoms with Crippen molar-refractivity contribution in [3.8, 4) is 11.5 Å². The predicted molar refractivity (Wildman–Crippen MR) is 71.2 cm³/mol. The van der Waals surface area contributed by atoms with Gasteiger partial charge in [-0.05, 0) is 19.1 Å². The van der Waals surface area contributed by atoms with E-state index in [0.29, 0.717) is 12.5 Å². The summed E-state index contributed by atoms with van der Waals surface area (Å²) in [5, 5.41) is 0. The highest BCUT2D eigenvalue weighted by atomic mass is 16.5. The van der Waals surface area contributed by atoms with Crippen LogP contribution < -0.4 is 0 Å². The first kappa shape index (κ1) is 12.8.